The molecule has 3 aliphatic heterocycles. The van der Waals surface area contributed by atoms with E-state index in [1.807, 2.05) is 28.8 Å². The molecular formula is C32H42N4O3. The van der Waals surface area contributed by atoms with Crippen molar-refractivity contribution in [2.24, 2.45) is 29.1 Å². The van der Waals surface area contributed by atoms with Crippen molar-refractivity contribution in [3.05, 3.63) is 34.6 Å². The first-order chi connectivity index (χ1) is 18.8. The number of aromatic nitrogens is 2. The Morgan fingerprint density at radius 3 is 2.59 bits per heavy atom. The summed E-state index contributed by atoms with van der Waals surface area (Å²) in [6, 6.07) is 9.14. The number of hydrogen-bond donors (Lipinski definition) is 1. The minimum Gasteiger partial charge on any atom is -0.480 e. The number of carboxylic acids is 1. The average Bonchev–Trinajstić information content (AvgIpc) is 3.05. The zero-order chi connectivity index (χ0) is 26.6. The average molecular weight is 531 g/mol. The summed E-state index contributed by atoms with van der Waals surface area (Å²) >= 11 is 0. The van der Waals surface area contributed by atoms with Gasteiger partial charge in [0.25, 0.3) is 5.56 Å². The molecule has 7 nitrogen and oxygen atoms in total. The quantitative estimate of drug-likeness (QED) is 0.594. The van der Waals surface area contributed by atoms with Crippen molar-refractivity contribution in [3.63, 3.8) is 0 Å². The van der Waals surface area contributed by atoms with Crippen LogP contribution in [0.3, 0.4) is 0 Å². The van der Waals surface area contributed by atoms with Gasteiger partial charge < -0.3 is 14.6 Å². The van der Waals surface area contributed by atoms with Crippen molar-refractivity contribution >= 4 is 22.8 Å². The van der Waals surface area contributed by atoms with E-state index < -0.39 is 12.0 Å². The molecule has 39 heavy (non-hydrogen) atoms. The van der Waals surface area contributed by atoms with Crippen molar-refractivity contribution in [1.29, 1.82) is 0 Å². The lowest BCUT2D eigenvalue weighted by Gasteiger charge is -2.58. The summed E-state index contributed by atoms with van der Waals surface area (Å²) in [6.45, 7) is 5.60. The molecule has 2 aromatic rings. The van der Waals surface area contributed by atoms with Gasteiger partial charge in [0.2, 0.25) is 0 Å². The van der Waals surface area contributed by atoms with Gasteiger partial charge >= 0.3 is 5.97 Å². The van der Waals surface area contributed by atoms with Crippen LogP contribution in [0.5, 0.6) is 0 Å². The van der Waals surface area contributed by atoms with Crippen molar-refractivity contribution in [2.45, 2.75) is 108 Å². The highest BCUT2D eigenvalue weighted by Gasteiger charge is 2.60. The van der Waals surface area contributed by atoms with Crippen LogP contribution < -0.4 is 10.5 Å². The van der Waals surface area contributed by atoms with E-state index in [-0.39, 0.29) is 11.6 Å². The molecule has 7 heteroatoms. The monoisotopic (exact) mass is 530 g/mol. The van der Waals surface area contributed by atoms with Crippen molar-refractivity contribution in [3.8, 4) is 0 Å². The van der Waals surface area contributed by atoms with Crippen LogP contribution in [0.25, 0.3) is 11.0 Å². The number of anilines is 1. The number of carboxylic acid groups (broad SMARTS) is 1. The third-order valence-electron chi connectivity index (χ3n) is 12.6. The molecular weight excluding hydrogens is 488 g/mol. The Morgan fingerprint density at radius 1 is 0.974 bits per heavy atom. The standard InChI is InChI=1S/C32H42N4O3/c1-18-7-8-22-15-24(16-28(18)35(22)23-12-19-11-20-13-21(14-23)32(20,2)17-19)36-26-6-4-3-5-25(26)33-29(30(36)37)34-10-9-27(34)31(38)39/h3-6,18-24,27-28H,7-17H2,1-2H3,(H,38,39)/t18-,19+,20?,21-,22+,23+,24-,27-,28+,32?/m0/s1. The fourth-order valence-corrected chi connectivity index (χ4v) is 10.5. The van der Waals surface area contributed by atoms with Crippen LogP contribution in [0, 0.1) is 29.1 Å². The van der Waals surface area contributed by atoms with E-state index in [4.69, 9.17) is 4.98 Å². The Labute approximate surface area is 230 Å². The molecule has 10 atom stereocenters. The van der Waals surface area contributed by atoms with E-state index in [0.29, 0.717) is 48.2 Å². The van der Waals surface area contributed by atoms with Crippen LogP contribution in [-0.4, -0.2) is 56.2 Å². The van der Waals surface area contributed by atoms with Gasteiger partial charge in [0.05, 0.1) is 11.0 Å². The smallest absolute Gasteiger partial charge is 0.326 e. The second kappa shape index (κ2) is 8.55. The summed E-state index contributed by atoms with van der Waals surface area (Å²) in [4.78, 5) is 35.4. The van der Waals surface area contributed by atoms with Crippen LogP contribution in [0.1, 0.15) is 84.1 Å². The van der Waals surface area contributed by atoms with E-state index >= 15 is 0 Å². The van der Waals surface area contributed by atoms with Crippen molar-refractivity contribution in [2.75, 3.05) is 11.4 Å². The molecule has 6 aliphatic rings. The minimum absolute atomic E-state index is 0.107. The van der Waals surface area contributed by atoms with Crippen LogP contribution in [0.15, 0.2) is 29.1 Å². The molecule has 1 N–H and O–H groups in total. The Bertz CT molecular complexity index is 1390. The maximum Gasteiger partial charge on any atom is 0.326 e. The highest BCUT2D eigenvalue weighted by Crippen LogP contribution is 2.67. The van der Waals surface area contributed by atoms with E-state index in [2.05, 4.69) is 18.7 Å². The minimum atomic E-state index is -0.873. The lowest BCUT2D eigenvalue weighted by Crippen LogP contribution is -2.61. The number of piperidine rings is 2. The Morgan fingerprint density at radius 2 is 1.79 bits per heavy atom. The molecule has 1 aromatic carbocycles. The Hall–Kier alpha value is -2.41. The fraction of sp³-hybridized carbons (Fsp3) is 0.719. The van der Waals surface area contributed by atoms with Gasteiger partial charge in [0, 0.05) is 30.7 Å². The molecule has 208 valence electrons. The molecule has 6 fully saturated rings. The van der Waals surface area contributed by atoms with Gasteiger partial charge in [-0.05, 0) is 105 Å². The highest BCUT2D eigenvalue weighted by molar-refractivity contribution is 5.81. The largest absolute Gasteiger partial charge is 0.480 e. The number of rotatable bonds is 4. The Balaban J connectivity index is 1.15. The van der Waals surface area contributed by atoms with Crippen LogP contribution in [0.4, 0.5) is 5.82 Å². The molecule has 0 radical (unpaired) electrons. The van der Waals surface area contributed by atoms with Gasteiger partial charge in [-0.3, -0.25) is 9.69 Å². The first-order valence-corrected chi connectivity index (χ1v) is 15.6. The predicted octanol–water partition coefficient (Wildman–Crippen LogP) is 5.08. The number of carbonyl (C=O) groups is 1. The van der Waals surface area contributed by atoms with Gasteiger partial charge in [-0.1, -0.05) is 26.0 Å². The summed E-state index contributed by atoms with van der Waals surface area (Å²) in [5.74, 6) is 2.87. The van der Waals surface area contributed by atoms with Crippen molar-refractivity contribution < 1.29 is 9.90 Å². The first-order valence-electron chi connectivity index (χ1n) is 15.6. The van der Waals surface area contributed by atoms with Crippen molar-refractivity contribution in [1.82, 2.24) is 14.5 Å². The molecule has 0 spiro atoms. The number of fused-ring (bicyclic) bond motifs is 4. The lowest BCUT2D eigenvalue weighted by atomic mass is 9.54. The third-order valence-corrected chi connectivity index (χ3v) is 12.6. The second-order valence-electron chi connectivity index (χ2n) is 14.4. The number of aliphatic carboxylic acids is 1. The van der Waals surface area contributed by atoms with E-state index in [1.54, 1.807) is 4.90 Å². The number of nitrogens with zero attached hydrogens (tertiary/aromatic N) is 4. The van der Waals surface area contributed by atoms with Crippen LogP contribution in [0.2, 0.25) is 0 Å². The molecule has 0 amide bonds. The van der Waals surface area contributed by atoms with E-state index in [0.717, 1.165) is 41.6 Å². The summed E-state index contributed by atoms with van der Waals surface area (Å²) in [6.07, 6.45) is 12.2. The number of hydrogen-bond acceptors (Lipinski definition) is 5. The maximum absolute atomic E-state index is 14.1. The van der Waals surface area contributed by atoms with Crippen LogP contribution in [-0.2, 0) is 4.79 Å². The third kappa shape index (κ3) is 3.47. The fourth-order valence-electron chi connectivity index (χ4n) is 10.5. The van der Waals surface area contributed by atoms with Crippen LogP contribution >= 0.6 is 0 Å². The Kier molecular flexibility index (Phi) is 5.34. The second-order valence-corrected chi connectivity index (χ2v) is 14.4. The molecule has 2 unspecified atom stereocenters. The first kappa shape index (κ1) is 24.4. The molecule has 4 heterocycles. The maximum atomic E-state index is 14.1. The molecule has 3 saturated heterocycles. The number of para-hydroxylation sites is 2. The van der Waals surface area contributed by atoms with Gasteiger partial charge in [-0.25, -0.2) is 9.78 Å². The summed E-state index contributed by atoms with van der Waals surface area (Å²) in [7, 11) is 0. The SMILES string of the molecule is C[C@H]1CC[C@@H]2C[C@H](n3c(=O)c(N4CC[C@H]4C(=O)O)nc4ccccc43)C[C@H]1N2[C@@H]1C[C@H]2CC3C[C@@H](C1)C3(C)C2. The summed E-state index contributed by atoms with van der Waals surface area (Å²) in [5.41, 5.74) is 2.19. The molecule has 3 aliphatic carbocycles. The van der Waals surface area contributed by atoms with Gasteiger partial charge in [-0.2, -0.15) is 0 Å². The highest BCUT2D eigenvalue weighted by atomic mass is 16.4. The van der Waals surface area contributed by atoms with Gasteiger partial charge in [-0.15, -0.1) is 0 Å². The van der Waals surface area contributed by atoms with E-state index in [1.165, 1.54) is 44.9 Å². The predicted molar refractivity (Wildman–Crippen MR) is 151 cm³/mol. The zero-order valence-electron chi connectivity index (χ0n) is 23.3. The molecule has 1 aromatic heterocycles. The number of benzene rings is 1. The molecule has 3 saturated carbocycles. The summed E-state index contributed by atoms with van der Waals surface area (Å²) < 4.78 is 2.02. The summed E-state index contributed by atoms with van der Waals surface area (Å²) in [5, 5.41) is 9.69. The topological polar surface area (TPSA) is 78.7 Å². The normalized spacial score (nSPS) is 43.0. The molecule has 8 rings (SSSR count). The lowest BCUT2D eigenvalue weighted by molar-refractivity contribution is -0.140. The van der Waals surface area contributed by atoms with E-state index in [9.17, 15) is 14.7 Å². The molecule has 4 bridgehead atoms. The van der Waals surface area contributed by atoms with Gasteiger partial charge in [0.1, 0.15) is 6.04 Å². The van der Waals surface area contributed by atoms with Gasteiger partial charge in [0.15, 0.2) is 5.82 Å². The zero-order valence-corrected chi connectivity index (χ0v) is 23.3.